The quantitative estimate of drug-likeness (QED) is 0.415. The minimum absolute atomic E-state index is 0.00840. The summed E-state index contributed by atoms with van der Waals surface area (Å²) in [5.74, 6) is -3.72. The minimum Gasteiger partial charge on any atom is -0.507 e. The molecule has 1 saturated heterocycles. The zero-order chi connectivity index (χ0) is 22.7. The summed E-state index contributed by atoms with van der Waals surface area (Å²) >= 11 is 0. The number of nitrogens with zero attached hydrogens (tertiary/aromatic N) is 2. The van der Waals surface area contributed by atoms with Crippen molar-refractivity contribution in [3.63, 3.8) is 0 Å². The van der Waals surface area contributed by atoms with Crippen LogP contribution in [0.3, 0.4) is 0 Å². The van der Waals surface area contributed by atoms with Gasteiger partial charge in [-0.25, -0.2) is 8.78 Å². The van der Waals surface area contributed by atoms with Crippen molar-refractivity contribution < 1.29 is 28.2 Å². The van der Waals surface area contributed by atoms with E-state index in [1.807, 2.05) is 19.0 Å². The van der Waals surface area contributed by atoms with E-state index >= 15 is 0 Å². The summed E-state index contributed by atoms with van der Waals surface area (Å²) in [7, 11) is 5.05. The van der Waals surface area contributed by atoms with Crippen LogP contribution in [0.25, 0.3) is 5.76 Å². The highest BCUT2D eigenvalue weighted by Gasteiger charge is 2.46. The third-order valence-electron chi connectivity index (χ3n) is 5.17. The van der Waals surface area contributed by atoms with Gasteiger partial charge in [0.2, 0.25) is 0 Å². The fourth-order valence-corrected chi connectivity index (χ4v) is 3.66. The molecule has 0 unspecified atom stereocenters. The first-order valence-corrected chi connectivity index (χ1v) is 9.77. The molecule has 0 bridgehead atoms. The summed E-state index contributed by atoms with van der Waals surface area (Å²) in [6.45, 7) is 0.839. The Morgan fingerprint density at radius 2 is 1.84 bits per heavy atom. The second-order valence-electron chi connectivity index (χ2n) is 7.52. The molecule has 1 aliphatic rings. The van der Waals surface area contributed by atoms with Crippen LogP contribution >= 0.6 is 0 Å². The van der Waals surface area contributed by atoms with Crippen LogP contribution in [0.5, 0.6) is 5.75 Å². The molecule has 31 heavy (non-hydrogen) atoms. The molecule has 0 aliphatic carbocycles. The number of ketones is 1. The van der Waals surface area contributed by atoms with Gasteiger partial charge in [-0.15, -0.1) is 0 Å². The Balaban J connectivity index is 2.13. The zero-order valence-electron chi connectivity index (χ0n) is 17.6. The van der Waals surface area contributed by atoms with Crippen LogP contribution in [0.1, 0.15) is 23.6 Å². The zero-order valence-corrected chi connectivity index (χ0v) is 17.6. The van der Waals surface area contributed by atoms with E-state index in [1.165, 1.54) is 42.3 Å². The maximum atomic E-state index is 14.7. The Kier molecular flexibility index (Phi) is 6.70. The Labute approximate surface area is 179 Å². The second kappa shape index (κ2) is 9.26. The number of benzene rings is 2. The van der Waals surface area contributed by atoms with Crippen LogP contribution in [0, 0.1) is 11.6 Å². The second-order valence-corrected chi connectivity index (χ2v) is 7.52. The molecular weight excluding hydrogens is 406 g/mol. The summed E-state index contributed by atoms with van der Waals surface area (Å²) in [5.41, 5.74) is -0.197. The van der Waals surface area contributed by atoms with Gasteiger partial charge in [0.1, 0.15) is 11.6 Å². The van der Waals surface area contributed by atoms with Gasteiger partial charge >= 0.3 is 0 Å². The number of amides is 1. The lowest BCUT2D eigenvalue weighted by Gasteiger charge is -2.26. The van der Waals surface area contributed by atoms with Gasteiger partial charge < -0.3 is 19.6 Å². The highest BCUT2D eigenvalue weighted by Crippen LogP contribution is 2.40. The lowest BCUT2D eigenvalue weighted by atomic mass is 9.95. The van der Waals surface area contributed by atoms with Crippen molar-refractivity contribution in [2.24, 2.45) is 0 Å². The Morgan fingerprint density at radius 3 is 2.45 bits per heavy atom. The minimum atomic E-state index is -1.12. The normalized spacial score (nSPS) is 18.1. The van der Waals surface area contributed by atoms with Crippen molar-refractivity contribution in [2.75, 3.05) is 34.3 Å². The van der Waals surface area contributed by atoms with Gasteiger partial charge in [-0.2, -0.15) is 0 Å². The van der Waals surface area contributed by atoms with Gasteiger partial charge in [-0.1, -0.05) is 18.2 Å². The Bertz CT molecular complexity index is 1040. The average molecular weight is 430 g/mol. The molecule has 8 heteroatoms. The van der Waals surface area contributed by atoms with Crippen LogP contribution in [0.15, 0.2) is 48.0 Å². The predicted octanol–water partition coefficient (Wildman–Crippen LogP) is 3.35. The van der Waals surface area contributed by atoms with E-state index in [2.05, 4.69) is 0 Å². The van der Waals surface area contributed by atoms with Crippen molar-refractivity contribution in [1.29, 1.82) is 0 Å². The number of hydrogen-bond donors (Lipinski definition) is 1. The fourth-order valence-electron chi connectivity index (χ4n) is 3.66. The lowest BCUT2D eigenvalue weighted by Crippen LogP contribution is -2.32. The standard InChI is InChI=1S/C23H24F2N2O4/c1-26(2)11-6-12-27-20(15-7-4-5-8-16(15)24)19(22(29)23(27)30)21(28)14-9-10-18(31-3)17(25)13-14/h4-5,7-10,13,20,28H,6,11-12H2,1-3H3/t20-/m0/s1. The summed E-state index contributed by atoms with van der Waals surface area (Å²) in [4.78, 5) is 28.8. The van der Waals surface area contributed by atoms with E-state index in [4.69, 9.17) is 4.74 Å². The number of carbonyl (C=O) groups excluding carboxylic acids is 2. The lowest BCUT2D eigenvalue weighted by molar-refractivity contribution is -0.140. The molecule has 6 nitrogen and oxygen atoms in total. The molecule has 2 aromatic rings. The third-order valence-corrected chi connectivity index (χ3v) is 5.17. The SMILES string of the molecule is COc1ccc(C(O)=C2C(=O)C(=O)N(CCCN(C)C)[C@H]2c2ccccc2F)cc1F. The largest absolute Gasteiger partial charge is 0.507 e. The van der Waals surface area contributed by atoms with E-state index in [1.54, 1.807) is 6.07 Å². The first-order chi connectivity index (χ1) is 14.8. The molecule has 3 rings (SSSR count). The first-order valence-electron chi connectivity index (χ1n) is 9.77. The number of halogens is 2. The smallest absolute Gasteiger partial charge is 0.295 e. The molecule has 1 N–H and O–H groups in total. The number of aliphatic hydroxyl groups is 1. The number of carbonyl (C=O) groups is 2. The van der Waals surface area contributed by atoms with Crippen molar-refractivity contribution in [1.82, 2.24) is 9.80 Å². The van der Waals surface area contributed by atoms with Crippen molar-refractivity contribution >= 4 is 17.4 Å². The van der Waals surface area contributed by atoms with E-state index in [9.17, 15) is 23.5 Å². The molecule has 2 aromatic carbocycles. The summed E-state index contributed by atoms with van der Waals surface area (Å²) < 4.78 is 33.7. The number of Topliss-reactive ketones (excluding diaryl/α,β-unsaturated/α-hetero) is 1. The molecule has 0 spiro atoms. The molecule has 1 atom stereocenters. The number of methoxy groups -OCH3 is 1. The molecule has 164 valence electrons. The Morgan fingerprint density at radius 1 is 1.13 bits per heavy atom. The molecule has 1 heterocycles. The number of hydrogen-bond acceptors (Lipinski definition) is 5. The summed E-state index contributed by atoms with van der Waals surface area (Å²) in [6.07, 6.45) is 0.544. The third kappa shape index (κ3) is 4.44. The molecular formula is C23H24F2N2O4. The monoisotopic (exact) mass is 430 g/mol. The number of ether oxygens (including phenoxy) is 1. The van der Waals surface area contributed by atoms with Gasteiger partial charge in [0, 0.05) is 17.7 Å². The fraction of sp³-hybridized carbons (Fsp3) is 0.304. The van der Waals surface area contributed by atoms with E-state index in [-0.39, 0.29) is 29.0 Å². The van der Waals surface area contributed by atoms with E-state index < -0.39 is 35.1 Å². The van der Waals surface area contributed by atoms with Gasteiger partial charge in [-0.05, 0) is 51.3 Å². The molecule has 0 saturated carbocycles. The van der Waals surface area contributed by atoms with E-state index in [0.29, 0.717) is 13.0 Å². The van der Waals surface area contributed by atoms with Gasteiger partial charge in [0.25, 0.3) is 11.7 Å². The molecule has 1 amide bonds. The highest BCUT2D eigenvalue weighted by molar-refractivity contribution is 6.46. The van der Waals surface area contributed by atoms with E-state index in [0.717, 1.165) is 6.07 Å². The molecule has 1 fully saturated rings. The number of likely N-dealkylation sites (tertiary alicyclic amines) is 1. The van der Waals surface area contributed by atoms with Crippen molar-refractivity contribution in [2.45, 2.75) is 12.5 Å². The van der Waals surface area contributed by atoms with Crippen LogP contribution in [0.2, 0.25) is 0 Å². The van der Waals surface area contributed by atoms with Crippen molar-refractivity contribution in [3.8, 4) is 5.75 Å². The highest BCUT2D eigenvalue weighted by atomic mass is 19.1. The molecule has 1 aliphatic heterocycles. The van der Waals surface area contributed by atoms with Crippen LogP contribution in [-0.2, 0) is 9.59 Å². The summed E-state index contributed by atoms with van der Waals surface area (Å²) in [6, 6.07) is 8.33. The summed E-state index contributed by atoms with van der Waals surface area (Å²) in [5, 5.41) is 10.9. The average Bonchev–Trinajstić information content (AvgIpc) is 2.98. The molecule has 0 radical (unpaired) electrons. The first kappa shape index (κ1) is 22.4. The van der Waals surface area contributed by atoms with Crippen LogP contribution in [-0.4, -0.2) is 60.9 Å². The maximum absolute atomic E-state index is 14.7. The van der Waals surface area contributed by atoms with Crippen LogP contribution < -0.4 is 4.74 Å². The van der Waals surface area contributed by atoms with Gasteiger partial charge in [0.15, 0.2) is 11.6 Å². The predicted molar refractivity (Wildman–Crippen MR) is 112 cm³/mol. The maximum Gasteiger partial charge on any atom is 0.295 e. The van der Waals surface area contributed by atoms with Gasteiger partial charge in [-0.3, -0.25) is 9.59 Å². The van der Waals surface area contributed by atoms with Gasteiger partial charge in [0.05, 0.1) is 18.7 Å². The number of aliphatic hydroxyl groups excluding tert-OH is 1. The topological polar surface area (TPSA) is 70.1 Å². The Hall–Kier alpha value is -3.26. The van der Waals surface area contributed by atoms with Crippen molar-refractivity contribution in [3.05, 3.63) is 70.8 Å². The molecule has 0 aromatic heterocycles. The van der Waals surface area contributed by atoms with Crippen LogP contribution in [0.4, 0.5) is 8.78 Å². The number of rotatable bonds is 7.